The van der Waals surface area contributed by atoms with E-state index in [9.17, 15) is 28.4 Å². The molecule has 5 rings (SSSR count). The maximum Gasteiger partial charge on any atom is 0.387 e. The quantitative estimate of drug-likeness (QED) is 0.133. The Balaban J connectivity index is 1.44. The van der Waals surface area contributed by atoms with Crippen molar-refractivity contribution >= 4 is 41.0 Å². The van der Waals surface area contributed by atoms with E-state index in [1.807, 2.05) is 0 Å². The fraction of sp³-hybridized carbons (Fsp3) is 0.394. The number of halogens is 4. The van der Waals surface area contributed by atoms with E-state index >= 15 is 0 Å². The van der Waals surface area contributed by atoms with Crippen LogP contribution in [0.15, 0.2) is 54.9 Å². The summed E-state index contributed by atoms with van der Waals surface area (Å²) in [7, 11) is 3.21. The van der Waals surface area contributed by atoms with Crippen LogP contribution in [0.2, 0.25) is 10.0 Å². The number of ether oxygens (including phenoxy) is 3. The second-order valence-corrected chi connectivity index (χ2v) is 12.5. The molecule has 2 aromatic carbocycles. The Morgan fingerprint density at radius 2 is 1.72 bits per heavy atom. The molecule has 0 bridgehead atoms. The number of alkyl halides is 2. The van der Waals surface area contributed by atoms with Gasteiger partial charge < -0.3 is 29.2 Å². The second-order valence-electron chi connectivity index (χ2n) is 11.7. The Hall–Kier alpha value is -4.16. The predicted octanol–water partition coefficient (Wildman–Crippen LogP) is 5.85. The van der Waals surface area contributed by atoms with Gasteiger partial charge in [-0.1, -0.05) is 35.3 Å². The lowest BCUT2D eigenvalue weighted by atomic mass is 10.0. The van der Waals surface area contributed by atoms with Crippen molar-refractivity contribution < 1.29 is 42.1 Å². The number of esters is 1. The molecule has 0 unspecified atom stereocenters. The molecule has 10 nitrogen and oxygen atoms in total. The number of aromatic nitrogens is 1. The van der Waals surface area contributed by atoms with Crippen LogP contribution < -0.4 is 14.2 Å². The van der Waals surface area contributed by atoms with Crippen molar-refractivity contribution in [3.8, 4) is 11.5 Å². The van der Waals surface area contributed by atoms with Gasteiger partial charge in [-0.25, -0.2) is 4.79 Å². The third-order valence-electron chi connectivity index (χ3n) is 7.98. The summed E-state index contributed by atoms with van der Waals surface area (Å²) < 4.78 is 43.4. The summed E-state index contributed by atoms with van der Waals surface area (Å²) in [6, 6.07) is 9.55. The smallest absolute Gasteiger partial charge is 0.387 e. The van der Waals surface area contributed by atoms with Crippen LogP contribution in [0.1, 0.15) is 63.6 Å². The fourth-order valence-corrected chi connectivity index (χ4v) is 5.94. The van der Waals surface area contributed by atoms with Gasteiger partial charge in [-0.15, -0.1) is 0 Å². The van der Waals surface area contributed by atoms with E-state index in [0.29, 0.717) is 46.8 Å². The van der Waals surface area contributed by atoms with Crippen LogP contribution in [-0.4, -0.2) is 67.5 Å². The van der Waals surface area contributed by atoms with Crippen LogP contribution in [0.3, 0.4) is 0 Å². The highest BCUT2D eigenvalue weighted by molar-refractivity contribution is 6.35. The summed E-state index contributed by atoms with van der Waals surface area (Å²) >= 11 is 12.7. The van der Waals surface area contributed by atoms with Crippen molar-refractivity contribution in [2.24, 2.45) is 5.92 Å². The first kappa shape index (κ1) is 34.2. The van der Waals surface area contributed by atoms with Crippen molar-refractivity contribution in [3.05, 3.63) is 92.4 Å². The molecule has 2 atom stereocenters. The lowest BCUT2D eigenvalue weighted by Crippen LogP contribution is -2.42. The number of likely N-dealkylation sites (tertiary alicyclic amines) is 1. The number of benzene rings is 2. The number of hydrogen-bond donors (Lipinski definition) is 0. The zero-order valence-electron chi connectivity index (χ0n) is 25.7. The molecule has 0 radical (unpaired) electrons. The zero-order chi connectivity index (χ0) is 33.8. The molecular formula is C33H33Cl2F2N3O7. The monoisotopic (exact) mass is 691 g/mol. The molecule has 1 aromatic heterocycles. The van der Waals surface area contributed by atoms with Crippen molar-refractivity contribution in [3.63, 3.8) is 0 Å². The van der Waals surface area contributed by atoms with E-state index in [1.54, 1.807) is 32.3 Å². The predicted molar refractivity (Wildman–Crippen MR) is 168 cm³/mol. The molecule has 1 aliphatic carbocycles. The van der Waals surface area contributed by atoms with Gasteiger partial charge >= 0.3 is 12.6 Å². The summed E-state index contributed by atoms with van der Waals surface area (Å²) in [6.07, 6.45) is 3.83. The van der Waals surface area contributed by atoms with Gasteiger partial charge in [0.25, 0.3) is 11.8 Å². The first-order valence-corrected chi connectivity index (χ1v) is 15.8. The number of carbonyl (C=O) groups is 3. The molecule has 250 valence electrons. The van der Waals surface area contributed by atoms with E-state index in [-0.39, 0.29) is 46.0 Å². The van der Waals surface area contributed by atoms with E-state index in [4.69, 9.17) is 32.7 Å². The summed E-state index contributed by atoms with van der Waals surface area (Å²) in [5.74, 6) is -1.25. The largest absolute Gasteiger partial charge is 0.619 e. The van der Waals surface area contributed by atoms with Crippen molar-refractivity contribution in [1.82, 2.24) is 9.80 Å². The first-order chi connectivity index (χ1) is 22.4. The molecule has 0 spiro atoms. The molecule has 0 N–H and O–H groups in total. The van der Waals surface area contributed by atoms with Crippen LogP contribution in [-0.2, 0) is 16.0 Å². The number of rotatable bonds is 12. The molecule has 2 aliphatic rings. The lowest BCUT2D eigenvalue weighted by Gasteiger charge is -2.27. The number of hydrogen-bond acceptors (Lipinski definition) is 7. The van der Waals surface area contributed by atoms with Crippen molar-refractivity contribution in [2.45, 2.75) is 50.9 Å². The van der Waals surface area contributed by atoms with Crippen molar-refractivity contribution in [1.29, 1.82) is 0 Å². The summed E-state index contributed by atoms with van der Waals surface area (Å²) in [5.41, 5.74) is 1.25. The Morgan fingerprint density at radius 1 is 1.02 bits per heavy atom. The molecule has 1 saturated heterocycles. The van der Waals surface area contributed by atoms with Gasteiger partial charge in [0.1, 0.15) is 22.2 Å². The summed E-state index contributed by atoms with van der Waals surface area (Å²) in [4.78, 5) is 42.7. The maximum atomic E-state index is 13.8. The zero-order valence-corrected chi connectivity index (χ0v) is 27.2. The lowest BCUT2D eigenvalue weighted by molar-refractivity contribution is -0.605. The normalized spacial score (nSPS) is 16.6. The minimum Gasteiger partial charge on any atom is -0.619 e. The Kier molecular flexibility index (Phi) is 10.7. The molecule has 1 saturated carbocycles. The third-order valence-corrected chi connectivity index (χ3v) is 8.63. The molecule has 3 aromatic rings. The van der Waals surface area contributed by atoms with E-state index in [2.05, 4.69) is 4.74 Å². The van der Waals surface area contributed by atoms with Gasteiger partial charge in [0.15, 0.2) is 23.9 Å². The second kappa shape index (κ2) is 14.7. The standard InChI is InChI=1S/C33H33Cl2F2N3O7/c1-38(2)30(41)21-5-3-6-22(13-21)31(42)40-12-4-7-26(40)32(43)46-28(15-23-24(34)16-39(44)17-25(23)35)20-10-11-27(47-33(36)37)29(14-20)45-18-19-8-9-19/h3,5-6,10-11,13-14,16-17,19,26,28,33H,4,7-9,12,15,18H2,1-2H3/t26-,28+/m1/s1. The molecular weight excluding hydrogens is 659 g/mol. The molecule has 47 heavy (non-hydrogen) atoms. The van der Waals surface area contributed by atoms with Gasteiger partial charge in [-0.05, 0) is 67.5 Å². The summed E-state index contributed by atoms with van der Waals surface area (Å²) in [6.45, 7) is -2.51. The first-order valence-electron chi connectivity index (χ1n) is 15.0. The molecule has 14 heteroatoms. The van der Waals surface area contributed by atoms with E-state index in [0.717, 1.165) is 25.2 Å². The van der Waals surface area contributed by atoms with Gasteiger partial charge in [0.2, 0.25) is 0 Å². The highest BCUT2D eigenvalue weighted by Gasteiger charge is 2.38. The van der Waals surface area contributed by atoms with Crippen molar-refractivity contribution in [2.75, 3.05) is 27.2 Å². The minimum absolute atomic E-state index is 0.0289. The van der Waals surface area contributed by atoms with Crippen LogP contribution in [0.4, 0.5) is 8.78 Å². The van der Waals surface area contributed by atoms with Crippen LogP contribution in [0.5, 0.6) is 11.5 Å². The number of pyridine rings is 1. The Bertz CT molecular complexity index is 1630. The highest BCUT2D eigenvalue weighted by Crippen LogP contribution is 2.38. The Morgan fingerprint density at radius 3 is 2.38 bits per heavy atom. The fourth-order valence-electron chi connectivity index (χ4n) is 5.34. The molecule has 2 amide bonds. The van der Waals surface area contributed by atoms with E-state index < -0.39 is 30.6 Å². The van der Waals surface area contributed by atoms with Crippen LogP contribution in [0, 0.1) is 11.1 Å². The minimum atomic E-state index is -3.09. The molecule has 2 fully saturated rings. The number of nitrogens with zero attached hydrogens (tertiary/aromatic N) is 3. The van der Waals surface area contributed by atoms with Crippen LogP contribution >= 0.6 is 23.2 Å². The maximum absolute atomic E-state index is 13.8. The average Bonchev–Trinajstić information content (AvgIpc) is 3.73. The number of amides is 2. The molecule has 2 heterocycles. The highest BCUT2D eigenvalue weighted by atomic mass is 35.5. The third kappa shape index (κ3) is 8.41. The summed E-state index contributed by atoms with van der Waals surface area (Å²) in [5, 5.41) is 12.0. The SMILES string of the molecule is CN(C)C(=O)c1cccc(C(=O)N2CCC[C@@H]2C(=O)O[C@@H](Cc2c(Cl)c[n+]([O-])cc2Cl)c2ccc(OC(F)F)c(OCC3CC3)c2)c1. The molecule has 1 aliphatic heterocycles. The number of carbonyl (C=O) groups excluding carboxylic acids is 3. The Labute approximate surface area is 280 Å². The topological polar surface area (TPSA) is 112 Å². The van der Waals surface area contributed by atoms with Crippen LogP contribution in [0.25, 0.3) is 0 Å². The van der Waals surface area contributed by atoms with Gasteiger partial charge in [0, 0.05) is 43.8 Å². The van der Waals surface area contributed by atoms with Gasteiger partial charge in [-0.3, -0.25) is 9.59 Å². The van der Waals surface area contributed by atoms with E-state index in [1.165, 1.54) is 34.1 Å². The average molecular weight is 693 g/mol. The van der Waals surface area contributed by atoms with Gasteiger partial charge in [0.05, 0.1) is 6.61 Å². The van der Waals surface area contributed by atoms with Gasteiger partial charge in [-0.2, -0.15) is 13.5 Å².